The summed E-state index contributed by atoms with van der Waals surface area (Å²) < 4.78 is 66.1. The van der Waals surface area contributed by atoms with Crippen molar-refractivity contribution in [3.05, 3.63) is 82.4 Å². The number of benzene rings is 3. The van der Waals surface area contributed by atoms with Gasteiger partial charge in [-0.25, -0.2) is 17.6 Å². The summed E-state index contributed by atoms with van der Waals surface area (Å²) in [6, 6.07) is 9.59. The summed E-state index contributed by atoms with van der Waals surface area (Å²) >= 11 is 0. The van der Waals surface area contributed by atoms with Gasteiger partial charge in [-0.3, -0.25) is 0 Å². The molecule has 2 nitrogen and oxygen atoms in total. The topological polar surface area (TPSA) is 18.5 Å². The van der Waals surface area contributed by atoms with E-state index in [1.165, 1.54) is 30.3 Å². The Morgan fingerprint density at radius 2 is 1.67 bits per heavy atom. The highest BCUT2D eigenvalue weighted by Crippen LogP contribution is 2.25. The van der Waals surface area contributed by atoms with Gasteiger partial charge in [0.05, 0.1) is 18.8 Å². The molecule has 0 unspecified atom stereocenters. The van der Waals surface area contributed by atoms with E-state index in [4.69, 9.17) is 15.9 Å². The van der Waals surface area contributed by atoms with Crippen molar-refractivity contribution in [3.63, 3.8) is 0 Å². The third kappa shape index (κ3) is 3.89. The lowest BCUT2D eigenvalue weighted by Gasteiger charge is -2.27. The van der Waals surface area contributed by atoms with E-state index in [1.54, 1.807) is 6.07 Å². The van der Waals surface area contributed by atoms with E-state index in [1.807, 2.05) is 0 Å². The molecule has 0 saturated carbocycles. The molecular formula is C24H14F4O2. The van der Waals surface area contributed by atoms with Crippen LogP contribution in [-0.4, -0.2) is 19.3 Å². The lowest BCUT2D eigenvalue weighted by atomic mass is 10.0. The number of terminal acetylenes is 1. The van der Waals surface area contributed by atoms with Crippen LogP contribution in [0.3, 0.4) is 0 Å². The highest BCUT2D eigenvalue weighted by atomic mass is 19.2. The minimum Gasteiger partial charge on any atom is -0.367 e. The van der Waals surface area contributed by atoms with Crippen LogP contribution in [0.2, 0.25) is 0 Å². The molecule has 4 rings (SSSR count). The smallest absolute Gasteiger partial charge is 0.195 e. The Bertz CT molecular complexity index is 1230. The zero-order chi connectivity index (χ0) is 21.3. The molecule has 150 valence electrons. The van der Waals surface area contributed by atoms with E-state index < -0.39 is 35.5 Å². The molecule has 3 aromatic carbocycles. The Morgan fingerprint density at radius 3 is 2.37 bits per heavy atom. The maximum absolute atomic E-state index is 14.5. The molecule has 0 bridgehead atoms. The van der Waals surface area contributed by atoms with Crippen LogP contribution in [0.1, 0.15) is 22.8 Å². The molecule has 0 N–H and O–H groups in total. The van der Waals surface area contributed by atoms with Gasteiger partial charge in [0.15, 0.2) is 17.5 Å². The lowest BCUT2D eigenvalue weighted by Crippen LogP contribution is -2.29. The quantitative estimate of drug-likeness (QED) is 0.323. The predicted molar refractivity (Wildman–Crippen MR) is 103 cm³/mol. The molecule has 1 heterocycles. The second-order valence-electron chi connectivity index (χ2n) is 6.72. The van der Waals surface area contributed by atoms with E-state index in [-0.39, 0.29) is 29.5 Å². The van der Waals surface area contributed by atoms with E-state index in [0.29, 0.717) is 11.1 Å². The van der Waals surface area contributed by atoms with Gasteiger partial charge in [-0.05, 0) is 41.3 Å². The summed E-state index contributed by atoms with van der Waals surface area (Å²) in [5.74, 6) is 3.30. The van der Waals surface area contributed by atoms with Crippen LogP contribution in [0.25, 0.3) is 10.8 Å². The number of hydrogen-bond acceptors (Lipinski definition) is 2. The summed E-state index contributed by atoms with van der Waals surface area (Å²) in [4.78, 5) is 0. The van der Waals surface area contributed by atoms with Gasteiger partial charge < -0.3 is 9.47 Å². The average Bonchev–Trinajstić information content (AvgIpc) is 2.76. The van der Waals surface area contributed by atoms with Crippen molar-refractivity contribution in [2.75, 3.05) is 13.2 Å². The first-order chi connectivity index (χ1) is 14.5. The van der Waals surface area contributed by atoms with Crippen LogP contribution < -0.4 is 0 Å². The minimum absolute atomic E-state index is 0.0586. The number of ether oxygens (including phenoxy) is 2. The van der Waals surface area contributed by atoms with Crippen molar-refractivity contribution >= 4 is 10.8 Å². The number of halogens is 4. The zero-order valence-corrected chi connectivity index (χ0v) is 15.5. The summed E-state index contributed by atoms with van der Waals surface area (Å²) in [7, 11) is 0. The molecule has 2 atom stereocenters. The second kappa shape index (κ2) is 8.20. The monoisotopic (exact) mass is 410 g/mol. The van der Waals surface area contributed by atoms with Crippen LogP contribution in [0.4, 0.5) is 17.6 Å². The predicted octanol–water partition coefficient (Wildman–Crippen LogP) is 4.89. The van der Waals surface area contributed by atoms with Gasteiger partial charge in [-0.2, -0.15) is 0 Å². The summed E-state index contributed by atoms with van der Waals surface area (Å²) in [5, 5.41) is 0.102. The molecule has 1 aliphatic heterocycles. The van der Waals surface area contributed by atoms with Crippen LogP contribution >= 0.6 is 0 Å². The molecule has 0 aliphatic carbocycles. The molecule has 0 amide bonds. The molecule has 1 aliphatic rings. The zero-order valence-electron chi connectivity index (χ0n) is 15.5. The van der Waals surface area contributed by atoms with Gasteiger partial charge in [0.2, 0.25) is 0 Å². The van der Waals surface area contributed by atoms with Crippen LogP contribution in [0.5, 0.6) is 0 Å². The van der Waals surface area contributed by atoms with Crippen molar-refractivity contribution in [1.82, 2.24) is 0 Å². The van der Waals surface area contributed by atoms with E-state index in [2.05, 4.69) is 17.8 Å². The van der Waals surface area contributed by atoms with E-state index in [0.717, 1.165) is 6.07 Å². The minimum atomic E-state index is -1.52. The summed E-state index contributed by atoms with van der Waals surface area (Å²) in [5.41, 5.74) is 1.15. The number of rotatable bonds is 1. The van der Waals surface area contributed by atoms with Crippen molar-refractivity contribution < 1.29 is 27.0 Å². The van der Waals surface area contributed by atoms with Gasteiger partial charge in [-0.15, -0.1) is 6.42 Å². The van der Waals surface area contributed by atoms with E-state index >= 15 is 0 Å². The molecule has 30 heavy (non-hydrogen) atoms. The Hall–Kier alpha value is -3.32. The molecule has 0 radical (unpaired) electrons. The molecule has 1 saturated heterocycles. The van der Waals surface area contributed by atoms with E-state index in [9.17, 15) is 17.6 Å². The van der Waals surface area contributed by atoms with Gasteiger partial charge in [0.25, 0.3) is 0 Å². The molecule has 0 aromatic heterocycles. The van der Waals surface area contributed by atoms with Crippen molar-refractivity contribution in [1.29, 1.82) is 0 Å². The fourth-order valence-corrected chi connectivity index (χ4v) is 3.15. The van der Waals surface area contributed by atoms with Gasteiger partial charge >= 0.3 is 0 Å². The maximum atomic E-state index is 14.5. The standard InChI is InChI=1S/C24H14F4O2/c1-2-18-12-30-22(13-29-18)16-7-6-15(20(25)10-16)5-3-14-4-8-19-17(9-14)11-21(26)24(28)23(19)27/h1,4,6-11,18,22H,12-13H2/t18-,22-/m1/s1. The summed E-state index contributed by atoms with van der Waals surface area (Å²) in [6.45, 7) is 0.460. The SMILES string of the molecule is C#C[C@@H]1CO[C@@H](c2ccc(C#Cc3ccc4c(F)c(F)c(F)cc4c3)c(F)c2)CO1. The highest BCUT2D eigenvalue weighted by molar-refractivity contribution is 5.84. The Morgan fingerprint density at radius 1 is 0.833 bits per heavy atom. The van der Waals surface area contributed by atoms with Crippen molar-refractivity contribution in [3.8, 4) is 24.2 Å². The Balaban J connectivity index is 1.57. The Labute approximate surface area is 170 Å². The number of fused-ring (bicyclic) bond motifs is 1. The lowest BCUT2D eigenvalue weighted by molar-refractivity contribution is -0.115. The van der Waals surface area contributed by atoms with Gasteiger partial charge in [0, 0.05) is 10.9 Å². The van der Waals surface area contributed by atoms with Crippen molar-refractivity contribution in [2.45, 2.75) is 12.2 Å². The third-order valence-electron chi connectivity index (χ3n) is 4.76. The fourth-order valence-electron chi connectivity index (χ4n) is 3.15. The first-order valence-electron chi connectivity index (χ1n) is 9.04. The van der Waals surface area contributed by atoms with Gasteiger partial charge in [-0.1, -0.05) is 29.9 Å². The largest absolute Gasteiger partial charge is 0.367 e. The fraction of sp³-hybridized carbons (Fsp3) is 0.167. The molecular weight excluding hydrogens is 396 g/mol. The average molecular weight is 410 g/mol. The molecule has 3 aromatic rings. The van der Waals surface area contributed by atoms with Crippen LogP contribution in [-0.2, 0) is 9.47 Å². The summed E-state index contributed by atoms with van der Waals surface area (Å²) in [6.07, 6.45) is 4.46. The van der Waals surface area contributed by atoms with Crippen LogP contribution in [0, 0.1) is 47.5 Å². The maximum Gasteiger partial charge on any atom is 0.195 e. The highest BCUT2D eigenvalue weighted by Gasteiger charge is 2.22. The first-order valence-corrected chi connectivity index (χ1v) is 9.04. The Kier molecular flexibility index (Phi) is 5.46. The van der Waals surface area contributed by atoms with Crippen LogP contribution in [0.15, 0.2) is 42.5 Å². The normalized spacial score (nSPS) is 18.5. The first kappa shape index (κ1) is 20.0. The second-order valence-corrected chi connectivity index (χ2v) is 6.72. The van der Waals surface area contributed by atoms with Gasteiger partial charge in [0.1, 0.15) is 18.0 Å². The number of hydrogen-bond donors (Lipinski definition) is 0. The molecule has 6 heteroatoms. The molecule has 0 spiro atoms. The third-order valence-corrected chi connectivity index (χ3v) is 4.76. The van der Waals surface area contributed by atoms with Crippen molar-refractivity contribution in [2.24, 2.45) is 0 Å². The molecule has 1 fully saturated rings.